The average molecular weight is 169 g/mol. The Bertz CT molecular complexity index is 170. The van der Waals surface area contributed by atoms with E-state index in [2.05, 4.69) is 12.8 Å². The molecule has 2 N–H and O–H groups in total. The highest BCUT2D eigenvalue weighted by molar-refractivity contribution is 8.02. The van der Waals surface area contributed by atoms with Crippen LogP contribution >= 0.6 is 11.8 Å². The van der Waals surface area contributed by atoms with E-state index >= 15 is 0 Å². The Hall–Kier alpha value is -0.210. The molecule has 1 saturated carbocycles. The zero-order valence-corrected chi connectivity index (χ0v) is 7.73. The number of rotatable bonds is 4. The van der Waals surface area contributed by atoms with Gasteiger partial charge in [-0.1, -0.05) is 18.7 Å². The van der Waals surface area contributed by atoms with E-state index < -0.39 is 0 Å². The van der Waals surface area contributed by atoms with Crippen molar-refractivity contribution in [2.24, 2.45) is 11.7 Å². The predicted molar refractivity (Wildman–Crippen MR) is 52.5 cm³/mol. The van der Waals surface area contributed by atoms with E-state index in [1.54, 1.807) is 11.8 Å². The van der Waals surface area contributed by atoms with Crippen molar-refractivity contribution in [1.29, 1.82) is 0 Å². The number of hydrogen-bond donors (Lipinski definition) is 1. The Morgan fingerprint density at radius 1 is 1.73 bits per heavy atom. The number of thioether (sulfide) groups is 1. The highest BCUT2D eigenvalue weighted by atomic mass is 32.2. The van der Waals surface area contributed by atoms with Gasteiger partial charge in [0, 0.05) is 10.9 Å². The fraction of sp³-hybridized carbons (Fsp3) is 0.556. The number of hydrogen-bond acceptors (Lipinski definition) is 2. The van der Waals surface area contributed by atoms with Crippen LogP contribution in [0.4, 0.5) is 0 Å². The van der Waals surface area contributed by atoms with Crippen LogP contribution in [0, 0.1) is 5.92 Å². The van der Waals surface area contributed by atoms with Gasteiger partial charge in [0.1, 0.15) is 0 Å². The summed E-state index contributed by atoms with van der Waals surface area (Å²) in [5.74, 6) is 0.744. The average Bonchev–Trinajstić information content (AvgIpc) is 2.81. The first-order valence-electron chi connectivity index (χ1n) is 3.91. The first kappa shape index (κ1) is 8.88. The van der Waals surface area contributed by atoms with Gasteiger partial charge in [-0.05, 0) is 25.0 Å². The molecule has 0 radical (unpaired) electrons. The molecule has 0 bridgehead atoms. The lowest BCUT2D eigenvalue weighted by Crippen LogP contribution is -2.23. The monoisotopic (exact) mass is 169 g/mol. The first-order valence-corrected chi connectivity index (χ1v) is 5.14. The second-order valence-electron chi connectivity index (χ2n) is 2.87. The normalized spacial score (nSPS) is 21.5. The number of nitrogens with two attached hydrogens (primary N) is 1. The van der Waals surface area contributed by atoms with Gasteiger partial charge >= 0.3 is 0 Å². The molecule has 1 aliphatic rings. The predicted octanol–water partition coefficient (Wildman–Crippen LogP) is 2.16. The van der Waals surface area contributed by atoms with Crippen molar-refractivity contribution in [3.63, 3.8) is 0 Å². The first-order chi connectivity index (χ1) is 5.29. The SMILES string of the molecule is C=C/C=C(\SC)C(N)C1CC1. The van der Waals surface area contributed by atoms with Crippen LogP contribution < -0.4 is 5.73 Å². The van der Waals surface area contributed by atoms with Crippen LogP contribution in [0.5, 0.6) is 0 Å². The van der Waals surface area contributed by atoms with Crippen molar-refractivity contribution in [3.05, 3.63) is 23.6 Å². The van der Waals surface area contributed by atoms with Crippen molar-refractivity contribution < 1.29 is 0 Å². The van der Waals surface area contributed by atoms with E-state index in [-0.39, 0.29) is 6.04 Å². The molecule has 0 aromatic heterocycles. The van der Waals surface area contributed by atoms with Crippen LogP contribution in [0.25, 0.3) is 0 Å². The molecule has 0 amide bonds. The molecular weight excluding hydrogens is 154 g/mol. The third-order valence-electron chi connectivity index (χ3n) is 1.98. The minimum Gasteiger partial charge on any atom is -0.323 e. The highest BCUT2D eigenvalue weighted by Gasteiger charge is 2.30. The maximum Gasteiger partial charge on any atom is 0.0383 e. The fourth-order valence-electron chi connectivity index (χ4n) is 1.12. The summed E-state index contributed by atoms with van der Waals surface area (Å²) < 4.78 is 0. The molecule has 1 unspecified atom stereocenters. The lowest BCUT2D eigenvalue weighted by molar-refractivity contribution is 0.702. The molecule has 0 aliphatic heterocycles. The lowest BCUT2D eigenvalue weighted by Gasteiger charge is -2.11. The molecule has 1 fully saturated rings. The van der Waals surface area contributed by atoms with Gasteiger partial charge in [-0.15, -0.1) is 11.8 Å². The Morgan fingerprint density at radius 2 is 2.36 bits per heavy atom. The van der Waals surface area contributed by atoms with E-state index in [1.165, 1.54) is 17.7 Å². The molecule has 11 heavy (non-hydrogen) atoms. The maximum absolute atomic E-state index is 5.98. The van der Waals surface area contributed by atoms with Crippen molar-refractivity contribution in [3.8, 4) is 0 Å². The van der Waals surface area contributed by atoms with Gasteiger partial charge in [0.2, 0.25) is 0 Å². The summed E-state index contributed by atoms with van der Waals surface area (Å²) in [6.45, 7) is 3.67. The summed E-state index contributed by atoms with van der Waals surface area (Å²) in [6.07, 6.45) is 8.51. The van der Waals surface area contributed by atoms with Crippen LogP contribution in [0.1, 0.15) is 12.8 Å². The summed E-state index contributed by atoms with van der Waals surface area (Å²) in [7, 11) is 0. The zero-order chi connectivity index (χ0) is 8.27. The van der Waals surface area contributed by atoms with Crippen LogP contribution in [-0.4, -0.2) is 12.3 Å². The number of allylic oxidation sites excluding steroid dienone is 2. The van der Waals surface area contributed by atoms with E-state index in [0.717, 1.165) is 5.92 Å². The Kier molecular flexibility index (Phi) is 3.21. The molecule has 0 saturated heterocycles. The van der Waals surface area contributed by atoms with Crippen LogP contribution in [0.3, 0.4) is 0 Å². The van der Waals surface area contributed by atoms with E-state index in [0.29, 0.717) is 0 Å². The van der Waals surface area contributed by atoms with Crippen LogP contribution in [0.15, 0.2) is 23.6 Å². The van der Waals surface area contributed by atoms with Crippen molar-refractivity contribution in [1.82, 2.24) is 0 Å². The smallest absolute Gasteiger partial charge is 0.0383 e. The van der Waals surface area contributed by atoms with Gasteiger partial charge in [-0.25, -0.2) is 0 Å². The van der Waals surface area contributed by atoms with Crippen LogP contribution in [-0.2, 0) is 0 Å². The summed E-state index contributed by atoms with van der Waals surface area (Å²) >= 11 is 1.74. The quantitative estimate of drug-likeness (QED) is 0.653. The molecule has 1 rings (SSSR count). The molecule has 2 heteroatoms. The van der Waals surface area contributed by atoms with E-state index in [4.69, 9.17) is 5.73 Å². The third kappa shape index (κ3) is 2.38. The summed E-state index contributed by atoms with van der Waals surface area (Å²) in [6, 6.07) is 0.267. The topological polar surface area (TPSA) is 26.0 Å². The minimum atomic E-state index is 0.267. The van der Waals surface area contributed by atoms with Crippen molar-refractivity contribution in [2.75, 3.05) is 6.26 Å². The van der Waals surface area contributed by atoms with Crippen LogP contribution in [0.2, 0.25) is 0 Å². The third-order valence-corrected chi connectivity index (χ3v) is 2.86. The summed E-state index contributed by atoms with van der Waals surface area (Å²) in [5, 5.41) is 0. The fourth-order valence-corrected chi connectivity index (χ4v) is 1.82. The molecule has 0 heterocycles. The second kappa shape index (κ2) is 3.98. The van der Waals surface area contributed by atoms with Gasteiger partial charge < -0.3 is 5.73 Å². The Morgan fingerprint density at radius 3 is 2.73 bits per heavy atom. The van der Waals surface area contributed by atoms with Crippen molar-refractivity contribution >= 4 is 11.8 Å². The lowest BCUT2D eigenvalue weighted by atomic mass is 10.2. The standard InChI is InChI=1S/C9H15NS/c1-3-4-8(11-2)9(10)7-5-6-7/h3-4,7,9H,1,5-6,10H2,2H3/b8-4-. The highest BCUT2D eigenvalue weighted by Crippen LogP contribution is 2.36. The zero-order valence-electron chi connectivity index (χ0n) is 6.92. The van der Waals surface area contributed by atoms with Gasteiger partial charge in [0.15, 0.2) is 0 Å². The molecule has 1 nitrogen and oxygen atoms in total. The Balaban J connectivity index is 2.51. The molecule has 1 atom stereocenters. The summed E-state index contributed by atoms with van der Waals surface area (Å²) in [4.78, 5) is 1.27. The summed E-state index contributed by atoms with van der Waals surface area (Å²) in [5.41, 5.74) is 5.98. The molecular formula is C9H15NS. The van der Waals surface area contributed by atoms with Crippen molar-refractivity contribution in [2.45, 2.75) is 18.9 Å². The van der Waals surface area contributed by atoms with Gasteiger partial charge in [0.25, 0.3) is 0 Å². The molecule has 62 valence electrons. The second-order valence-corrected chi connectivity index (χ2v) is 3.75. The van der Waals surface area contributed by atoms with E-state index in [1.807, 2.05) is 12.2 Å². The maximum atomic E-state index is 5.98. The van der Waals surface area contributed by atoms with E-state index in [9.17, 15) is 0 Å². The molecule has 0 aromatic carbocycles. The molecule has 1 aliphatic carbocycles. The molecule has 0 spiro atoms. The van der Waals surface area contributed by atoms with Gasteiger partial charge in [-0.2, -0.15) is 0 Å². The minimum absolute atomic E-state index is 0.267. The Labute approximate surface area is 72.7 Å². The molecule has 0 aromatic rings. The van der Waals surface area contributed by atoms with Gasteiger partial charge in [-0.3, -0.25) is 0 Å². The largest absolute Gasteiger partial charge is 0.323 e. The van der Waals surface area contributed by atoms with Gasteiger partial charge in [0.05, 0.1) is 0 Å².